The molecule has 2 rings (SSSR count). The average Bonchev–Trinajstić information content (AvgIpc) is 2.66. The van der Waals surface area contributed by atoms with Gasteiger partial charge in [-0.2, -0.15) is 0 Å². The maximum atomic E-state index is 11.6. The number of aliphatic hydroxyl groups is 2. The standard InChI is InChI=1S/C19H22N2O6/c22-16(18(25)14-6-7-15(21-11-14)10-17(23)24)8-9-20-19(26)27-12-13-4-2-1-3-5-13/h1-7,11,16,18,22,25H,8-10,12H2,(H,20,26)(H,23,24). The second kappa shape index (κ2) is 10.2. The number of carbonyl (C=O) groups excluding carboxylic acids is 1. The number of carboxylic acid groups (broad SMARTS) is 1. The van der Waals surface area contributed by atoms with Gasteiger partial charge >= 0.3 is 12.1 Å². The van der Waals surface area contributed by atoms with Crippen LogP contribution in [0.15, 0.2) is 48.7 Å². The van der Waals surface area contributed by atoms with Crippen LogP contribution in [0, 0.1) is 0 Å². The number of ether oxygens (including phenoxy) is 1. The molecule has 1 aromatic carbocycles. The molecule has 2 atom stereocenters. The molecule has 0 radical (unpaired) electrons. The quantitative estimate of drug-likeness (QED) is 0.522. The summed E-state index contributed by atoms with van der Waals surface area (Å²) in [4.78, 5) is 26.2. The maximum absolute atomic E-state index is 11.6. The van der Waals surface area contributed by atoms with Crippen LogP contribution in [0.5, 0.6) is 0 Å². The third-order valence-corrected chi connectivity index (χ3v) is 3.81. The van der Waals surface area contributed by atoms with E-state index in [1.807, 2.05) is 30.3 Å². The highest BCUT2D eigenvalue weighted by Crippen LogP contribution is 2.18. The summed E-state index contributed by atoms with van der Waals surface area (Å²) in [7, 11) is 0. The normalized spacial score (nSPS) is 12.8. The zero-order chi connectivity index (χ0) is 19.6. The number of carbonyl (C=O) groups is 2. The molecule has 0 spiro atoms. The van der Waals surface area contributed by atoms with Gasteiger partial charge in [-0.05, 0) is 18.1 Å². The van der Waals surface area contributed by atoms with Crippen LogP contribution in [0.2, 0.25) is 0 Å². The molecule has 0 aliphatic heterocycles. The number of nitrogens with one attached hydrogen (secondary N) is 1. The topological polar surface area (TPSA) is 129 Å². The van der Waals surface area contributed by atoms with Gasteiger partial charge in [-0.25, -0.2) is 4.79 Å². The minimum absolute atomic E-state index is 0.110. The zero-order valence-electron chi connectivity index (χ0n) is 14.6. The second-order valence-corrected chi connectivity index (χ2v) is 5.94. The first-order valence-corrected chi connectivity index (χ1v) is 8.43. The highest BCUT2D eigenvalue weighted by atomic mass is 16.5. The zero-order valence-corrected chi connectivity index (χ0v) is 14.6. The van der Waals surface area contributed by atoms with E-state index in [1.165, 1.54) is 18.3 Å². The second-order valence-electron chi connectivity index (χ2n) is 5.94. The minimum atomic E-state index is -1.20. The van der Waals surface area contributed by atoms with Crippen LogP contribution in [-0.4, -0.2) is 45.0 Å². The number of amides is 1. The molecule has 1 amide bonds. The van der Waals surface area contributed by atoms with Crippen molar-refractivity contribution in [3.05, 3.63) is 65.5 Å². The van der Waals surface area contributed by atoms with E-state index in [9.17, 15) is 19.8 Å². The van der Waals surface area contributed by atoms with Gasteiger partial charge in [0.25, 0.3) is 0 Å². The SMILES string of the molecule is O=C(O)Cc1ccc(C(O)C(O)CCNC(=O)OCc2ccccc2)cn1. The van der Waals surface area contributed by atoms with Crippen molar-refractivity contribution < 1.29 is 29.6 Å². The molecular weight excluding hydrogens is 352 g/mol. The van der Waals surface area contributed by atoms with Crippen molar-refractivity contribution in [1.29, 1.82) is 0 Å². The highest BCUT2D eigenvalue weighted by molar-refractivity contribution is 5.69. The van der Waals surface area contributed by atoms with Gasteiger partial charge in [0.1, 0.15) is 12.7 Å². The fourth-order valence-corrected chi connectivity index (χ4v) is 2.35. The molecule has 2 aromatic rings. The van der Waals surface area contributed by atoms with Crippen LogP contribution in [0.1, 0.15) is 29.3 Å². The van der Waals surface area contributed by atoms with Crippen LogP contribution < -0.4 is 5.32 Å². The van der Waals surface area contributed by atoms with Crippen molar-refractivity contribution in [2.75, 3.05) is 6.54 Å². The van der Waals surface area contributed by atoms with Gasteiger partial charge in [-0.1, -0.05) is 36.4 Å². The number of benzene rings is 1. The van der Waals surface area contributed by atoms with Gasteiger partial charge < -0.3 is 25.4 Å². The van der Waals surface area contributed by atoms with Gasteiger partial charge in [-0.3, -0.25) is 9.78 Å². The largest absolute Gasteiger partial charge is 0.481 e. The van der Waals surface area contributed by atoms with Gasteiger partial charge in [0.05, 0.1) is 18.2 Å². The molecule has 0 saturated heterocycles. The summed E-state index contributed by atoms with van der Waals surface area (Å²) >= 11 is 0. The number of hydrogen-bond donors (Lipinski definition) is 4. The van der Waals surface area contributed by atoms with E-state index in [2.05, 4.69) is 10.3 Å². The van der Waals surface area contributed by atoms with E-state index in [0.29, 0.717) is 11.3 Å². The maximum Gasteiger partial charge on any atom is 0.407 e. The molecule has 8 heteroatoms. The summed E-state index contributed by atoms with van der Waals surface area (Å²) in [5, 5.41) is 31.4. The van der Waals surface area contributed by atoms with E-state index in [-0.39, 0.29) is 26.0 Å². The average molecular weight is 374 g/mol. The smallest absolute Gasteiger partial charge is 0.407 e. The molecule has 8 nitrogen and oxygen atoms in total. The van der Waals surface area contributed by atoms with E-state index in [1.54, 1.807) is 0 Å². The molecule has 0 aliphatic rings. The Kier molecular flexibility index (Phi) is 7.72. The number of aliphatic hydroxyl groups excluding tert-OH is 2. The summed E-state index contributed by atoms with van der Waals surface area (Å²) in [5.41, 5.74) is 1.58. The van der Waals surface area contributed by atoms with Gasteiger partial charge in [-0.15, -0.1) is 0 Å². The number of nitrogens with zero attached hydrogens (tertiary/aromatic N) is 1. The Labute approximate surface area is 156 Å². The third kappa shape index (κ3) is 7.04. The molecule has 27 heavy (non-hydrogen) atoms. The van der Waals surface area contributed by atoms with Crippen molar-refractivity contribution in [1.82, 2.24) is 10.3 Å². The minimum Gasteiger partial charge on any atom is -0.481 e. The lowest BCUT2D eigenvalue weighted by Crippen LogP contribution is -2.29. The molecule has 1 heterocycles. The lowest BCUT2D eigenvalue weighted by atomic mass is 10.0. The lowest BCUT2D eigenvalue weighted by Gasteiger charge is -2.18. The van der Waals surface area contributed by atoms with E-state index < -0.39 is 24.3 Å². The third-order valence-electron chi connectivity index (χ3n) is 3.81. The first kappa shape index (κ1) is 20.3. The van der Waals surface area contributed by atoms with Gasteiger partial charge in [0.2, 0.25) is 0 Å². The molecule has 0 aliphatic carbocycles. The summed E-state index contributed by atoms with van der Waals surface area (Å²) < 4.78 is 5.05. The predicted molar refractivity (Wildman–Crippen MR) is 95.8 cm³/mol. The van der Waals surface area contributed by atoms with Crippen LogP contribution in [0.4, 0.5) is 4.79 Å². The number of aliphatic carboxylic acids is 1. The van der Waals surface area contributed by atoms with Crippen molar-refractivity contribution >= 4 is 12.1 Å². The number of aromatic nitrogens is 1. The summed E-state index contributed by atoms with van der Waals surface area (Å²) in [6.07, 6.45) is -1.70. The molecule has 0 saturated carbocycles. The summed E-state index contributed by atoms with van der Waals surface area (Å²) in [6.45, 7) is 0.266. The Hall–Kier alpha value is -2.97. The van der Waals surface area contributed by atoms with Gasteiger partial charge in [0, 0.05) is 18.3 Å². The van der Waals surface area contributed by atoms with Gasteiger partial charge in [0.15, 0.2) is 0 Å². The number of pyridine rings is 1. The predicted octanol–water partition coefficient (Wildman–Crippen LogP) is 1.42. The Morgan fingerprint density at radius 2 is 1.85 bits per heavy atom. The number of rotatable bonds is 9. The fourth-order valence-electron chi connectivity index (χ4n) is 2.35. The lowest BCUT2D eigenvalue weighted by molar-refractivity contribution is -0.136. The van der Waals surface area contributed by atoms with E-state index in [0.717, 1.165) is 5.56 Å². The fraction of sp³-hybridized carbons (Fsp3) is 0.316. The number of alkyl carbamates (subject to hydrolysis) is 1. The Bertz CT molecular complexity index is 736. The molecule has 4 N–H and O–H groups in total. The van der Waals surface area contributed by atoms with Crippen molar-refractivity contribution in [3.8, 4) is 0 Å². The van der Waals surface area contributed by atoms with E-state index in [4.69, 9.17) is 9.84 Å². The molecule has 2 unspecified atom stereocenters. The monoisotopic (exact) mass is 374 g/mol. The first-order chi connectivity index (χ1) is 13.0. The molecule has 1 aromatic heterocycles. The van der Waals surface area contributed by atoms with Crippen LogP contribution >= 0.6 is 0 Å². The Balaban J connectivity index is 1.71. The summed E-state index contributed by atoms with van der Waals surface area (Å²) in [5.74, 6) is -0.999. The van der Waals surface area contributed by atoms with Crippen LogP contribution in [0.3, 0.4) is 0 Å². The molecular formula is C19H22N2O6. The molecule has 0 bridgehead atoms. The van der Waals surface area contributed by atoms with Crippen LogP contribution in [0.25, 0.3) is 0 Å². The highest BCUT2D eigenvalue weighted by Gasteiger charge is 2.19. The van der Waals surface area contributed by atoms with E-state index >= 15 is 0 Å². The van der Waals surface area contributed by atoms with Crippen molar-refractivity contribution in [3.63, 3.8) is 0 Å². The molecule has 144 valence electrons. The molecule has 0 fully saturated rings. The van der Waals surface area contributed by atoms with Crippen molar-refractivity contribution in [2.45, 2.75) is 31.7 Å². The first-order valence-electron chi connectivity index (χ1n) is 8.43. The number of carboxylic acids is 1. The Morgan fingerprint density at radius 3 is 2.48 bits per heavy atom. The van der Waals surface area contributed by atoms with Crippen LogP contribution in [-0.2, 0) is 22.6 Å². The number of hydrogen-bond acceptors (Lipinski definition) is 6. The summed E-state index contributed by atoms with van der Waals surface area (Å²) in [6, 6.07) is 12.2. The Morgan fingerprint density at radius 1 is 1.11 bits per heavy atom. The van der Waals surface area contributed by atoms with Crippen molar-refractivity contribution in [2.24, 2.45) is 0 Å².